The second-order valence-corrected chi connectivity index (χ2v) is 2.64. The molecular weight excluding hydrogens is 154 g/mol. The Kier molecular flexibility index (Phi) is 2.80. The van der Waals surface area contributed by atoms with Crippen molar-refractivity contribution in [1.82, 2.24) is 0 Å². The van der Waals surface area contributed by atoms with E-state index in [-0.39, 0.29) is 10.6 Å². The second-order valence-electron chi connectivity index (χ2n) is 2.64. The summed E-state index contributed by atoms with van der Waals surface area (Å²) >= 11 is 0. The van der Waals surface area contributed by atoms with Crippen LogP contribution in [0.25, 0.3) is 0 Å². The van der Waals surface area contributed by atoms with Crippen LogP contribution >= 0.6 is 0 Å². The zero-order valence-electron chi connectivity index (χ0n) is 6.99. The lowest BCUT2D eigenvalue weighted by Crippen LogP contribution is -2.01. The van der Waals surface area contributed by atoms with Crippen LogP contribution in [0.1, 0.15) is 19.8 Å². The summed E-state index contributed by atoms with van der Waals surface area (Å²) in [5.74, 6) is 0. The first-order chi connectivity index (χ1) is 5.74. The minimum absolute atomic E-state index is 0.275. The maximum Gasteiger partial charge on any atom is 0.250 e. The second kappa shape index (κ2) is 3.85. The Morgan fingerprint density at radius 1 is 1.75 bits per heavy atom. The topological polar surface area (TPSA) is 43.1 Å². The molecule has 64 valence electrons. The molecule has 0 radical (unpaired) electrons. The van der Waals surface area contributed by atoms with Gasteiger partial charge in [-0.3, -0.25) is 10.1 Å². The molecule has 0 saturated carbocycles. The van der Waals surface area contributed by atoms with Gasteiger partial charge in [-0.05, 0) is 12.0 Å². The summed E-state index contributed by atoms with van der Waals surface area (Å²) in [7, 11) is 0. The molecule has 0 aromatic rings. The van der Waals surface area contributed by atoms with Crippen LogP contribution in [0.3, 0.4) is 0 Å². The Bertz CT molecular complexity index is 274. The number of rotatable bonds is 2. The molecule has 0 bridgehead atoms. The van der Waals surface area contributed by atoms with E-state index < -0.39 is 0 Å². The summed E-state index contributed by atoms with van der Waals surface area (Å²) in [5.41, 5.74) is 1.31. The predicted octanol–water partition coefficient (Wildman–Crippen LogP) is 2.44. The first-order valence-corrected chi connectivity index (χ1v) is 3.94. The highest BCUT2D eigenvalue weighted by Gasteiger charge is 2.13. The summed E-state index contributed by atoms with van der Waals surface area (Å²) in [6.45, 7) is 2.02. The van der Waals surface area contributed by atoms with Gasteiger partial charge >= 0.3 is 0 Å². The van der Waals surface area contributed by atoms with Crippen molar-refractivity contribution in [2.45, 2.75) is 19.8 Å². The fourth-order valence-corrected chi connectivity index (χ4v) is 1.14. The third-order valence-corrected chi connectivity index (χ3v) is 1.68. The molecule has 0 heterocycles. The van der Waals surface area contributed by atoms with Gasteiger partial charge < -0.3 is 0 Å². The fourth-order valence-electron chi connectivity index (χ4n) is 1.14. The van der Waals surface area contributed by atoms with Gasteiger partial charge in [0, 0.05) is 6.08 Å². The molecule has 0 aromatic heterocycles. The summed E-state index contributed by atoms with van der Waals surface area (Å²) in [5, 5.41) is 10.4. The molecule has 0 spiro atoms. The van der Waals surface area contributed by atoms with Gasteiger partial charge in [0.15, 0.2) is 0 Å². The van der Waals surface area contributed by atoms with Crippen molar-refractivity contribution in [3.8, 4) is 0 Å². The number of nitro groups is 1. The van der Waals surface area contributed by atoms with Crippen molar-refractivity contribution in [2.75, 3.05) is 0 Å². The molecule has 0 aliphatic heterocycles. The van der Waals surface area contributed by atoms with E-state index in [0.29, 0.717) is 6.42 Å². The maximum atomic E-state index is 10.4. The Hall–Kier alpha value is -1.38. The van der Waals surface area contributed by atoms with Crippen LogP contribution in [-0.4, -0.2) is 4.92 Å². The molecule has 0 aromatic carbocycles. The highest BCUT2D eigenvalue weighted by atomic mass is 16.6. The number of nitrogens with zero attached hydrogens (tertiary/aromatic N) is 1. The standard InChI is InChI=1S/C9H11NO2/c1-2-4-8-5-3-6-9(7-8)10(11)12/h3-6H,2,7H2,1H3. The first kappa shape index (κ1) is 8.71. The summed E-state index contributed by atoms with van der Waals surface area (Å²) in [4.78, 5) is 10.1. The van der Waals surface area contributed by atoms with Gasteiger partial charge in [-0.2, -0.15) is 0 Å². The normalized spacial score (nSPS) is 19.4. The zero-order chi connectivity index (χ0) is 8.97. The zero-order valence-corrected chi connectivity index (χ0v) is 6.99. The van der Waals surface area contributed by atoms with Crippen molar-refractivity contribution in [1.29, 1.82) is 0 Å². The number of hydrogen-bond donors (Lipinski definition) is 0. The maximum absolute atomic E-state index is 10.4. The Labute approximate surface area is 71.2 Å². The van der Waals surface area contributed by atoms with Crippen molar-refractivity contribution < 1.29 is 4.92 Å². The third-order valence-electron chi connectivity index (χ3n) is 1.68. The van der Waals surface area contributed by atoms with Crippen molar-refractivity contribution in [3.63, 3.8) is 0 Å². The lowest BCUT2D eigenvalue weighted by Gasteiger charge is -2.03. The van der Waals surface area contributed by atoms with E-state index in [9.17, 15) is 10.1 Å². The van der Waals surface area contributed by atoms with Crippen LogP contribution in [0.2, 0.25) is 0 Å². The van der Waals surface area contributed by atoms with Crippen LogP contribution in [0, 0.1) is 10.1 Å². The van der Waals surface area contributed by atoms with Gasteiger partial charge in [-0.25, -0.2) is 0 Å². The Balaban J connectivity index is 2.74. The third kappa shape index (κ3) is 2.05. The summed E-state index contributed by atoms with van der Waals surface area (Å²) < 4.78 is 0. The predicted molar refractivity (Wildman–Crippen MR) is 47.2 cm³/mol. The lowest BCUT2D eigenvalue weighted by molar-refractivity contribution is -0.427. The highest BCUT2D eigenvalue weighted by Crippen LogP contribution is 2.18. The molecule has 0 atom stereocenters. The fraction of sp³-hybridized carbons (Fsp3) is 0.333. The molecule has 3 heteroatoms. The van der Waals surface area contributed by atoms with Crippen LogP contribution in [0.15, 0.2) is 35.6 Å². The molecule has 1 aliphatic carbocycles. The highest BCUT2D eigenvalue weighted by molar-refractivity contribution is 5.31. The van der Waals surface area contributed by atoms with Gasteiger partial charge in [0.2, 0.25) is 0 Å². The quantitative estimate of drug-likeness (QED) is 0.466. The van der Waals surface area contributed by atoms with Gasteiger partial charge in [0.05, 0.1) is 11.3 Å². The van der Waals surface area contributed by atoms with Gasteiger partial charge in [0.1, 0.15) is 0 Å². The molecule has 0 amide bonds. The van der Waals surface area contributed by atoms with E-state index in [1.165, 1.54) is 0 Å². The van der Waals surface area contributed by atoms with Crippen LogP contribution in [-0.2, 0) is 0 Å². The molecule has 3 nitrogen and oxygen atoms in total. The largest absolute Gasteiger partial charge is 0.259 e. The average Bonchev–Trinajstić information content (AvgIpc) is 2.05. The van der Waals surface area contributed by atoms with Gasteiger partial charge in [-0.1, -0.05) is 25.2 Å². The monoisotopic (exact) mass is 165 g/mol. The van der Waals surface area contributed by atoms with E-state index >= 15 is 0 Å². The average molecular weight is 165 g/mol. The van der Waals surface area contributed by atoms with Crippen LogP contribution in [0.5, 0.6) is 0 Å². The molecule has 0 saturated heterocycles. The SMILES string of the molecule is CCC=C1C=CC=C([N+](=O)[O-])C1. The van der Waals surface area contributed by atoms with E-state index in [2.05, 4.69) is 0 Å². The van der Waals surface area contributed by atoms with Gasteiger partial charge in [0.25, 0.3) is 5.70 Å². The minimum Gasteiger partial charge on any atom is -0.259 e. The Morgan fingerprint density at radius 3 is 3.08 bits per heavy atom. The number of hydrogen-bond acceptors (Lipinski definition) is 2. The van der Waals surface area contributed by atoms with E-state index in [4.69, 9.17) is 0 Å². The first-order valence-electron chi connectivity index (χ1n) is 3.94. The molecule has 0 fully saturated rings. The molecule has 1 rings (SSSR count). The molecule has 0 unspecified atom stereocenters. The van der Waals surface area contributed by atoms with Crippen molar-refractivity contribution in [2.24, 2.45) is 0 Å². The lowest BCUT2D eigenvalue weighted by atomic mass is 10.0. The summed E-state index contributed by atoms with van der Waals surface area (Å²) in [6.07, 6.45) is 8.57. The molecule has 1 aliphatic rings. The van der Waals surface area contributed by atoms with E-state index in [1.807, 2.05) is 19.1 Å². The molecule has 12 heavy (non-hydrogen) atoms. The molecule has 0 N–H and O–H groups in total. The Morgan fingerprint density at radius 2 is 2.50 bits per heavy atom. The van der Waals surface area contributed by atoms with Crippen molar-refractivity contribution >= 4 is 0 Å². The minimum atomic E-state index is -0.326. The van der Waals surface area contributed by atoms with Crippen LogP contribution < -0.4 is 0 Å². The number of allylic oxidation sites excluding steroid dienone is 5. The van der Waals surface area contributed by atoms with Crippen molar-refractivity contribution in [3.05, 3.63) is 45.7 Å². The van der Waals surface area contributed by atoms with E-state index in [1.54, 1.807) is 12.2 Å². The summed E-state index contributed by atoms with van der Waals surface area (Å²) in [6, 6.07) is 0. The smallest absolute Gasteiger partial charge is 0.250 e. The van der Waals surface area contributed by atoms with Crippen LogP contribution in [0.4, 0.5) is 0 Å². The van der Waals surface area contributed by atoms with E-state index in [0.717, 1.165) is 12.0 Å². The molecular formula is C9H11NO2. The van der Waals surface area contributed by atoms with Gasteiger partial charge in [-0.15, -0.1) is 0 Å².